The van der Waals surface area contributed by atoms with Crippen molar-refractivity contribution < 1.29 is 18.4 Å². The van der Waals surface area contributed by atoms with E-state index in [4.69, 9.17) is 0 Å². The van der Waals surface area contributed by atoms with Crippen molar-refractivity contribution in [2.45, 2.75) is 6.92 Å². The molecule has 0 aromatic heterocycles. The van der Waals surface area contributed by atoms with E-state index in [1.165, 1.54) is 13.0 Å². The van der Waals surface area contributed by atoms with Gasteiger partial charge in [0.25, 0.3) is 5.91 Å². The van der Waals surface area contributed by atoms with Crippen molar-refractivity contribution in [1.82, 2.24) is 5.32 Å². The summed E-state index contributed by atoms with van der Waals surface area (Å²) >= 11 is 3.27. The van der Waals surface area contributed by atoms with Crippen LogP contribution in [0, 0.1) is 11.6 Å². The molecule has 126 valence electrons. The molecule has 0 fully saturated rings. The molecule has 24 heavy (non-hydrogen) atoms. The van der Waals surface area contributed by atoms with Crippen LogP contribution in [-0.4, -0.2) is 24.9 Å². The molecule has 0 spiro atoms. The van der Waals surface area contributed by atoms with Gasteiger partial charge in [-0.3, -0.25) is 9.59 Å². The smallest absolute Gasteiger partial charge is 0.251 e. The average molecular weight is 397 g/mol. The first-order valence-corrected chi connectivity index (χ1v) is 7.95. The fraction of sp³-hybridized carbons (Fsp3) is 0.176. The number of para-hydroxylation sites is 1. The summed E-state index contributed by atoms with van der Waals surface area (Å²) in [6.45, 7) is 1.22. The van der Waals surface area contributed by atoms with Crippen molar-refractivity contribution in [3.63, 3.8) is 0 Å². The molecule has 0 saturated carbocycles. The number of rotatable bonds is 5. The lowest BCUT2D eigenvalue weighted by Crippen LogP contribution is -2.38. The Morgan fingerprint density at radius 2 is 1.75 bits per heavy atom. The van der Waals surface area contributed by atoms with Crippen LogP contribution in [0.15, 0.2) is 46.9 Å². The SMILES string of the molecule is CC(=O)N(CCNC(=O)c1cccc(Br)c1)c1c(F)cccc1F. The van der Waals surface area contributed by atoms with Crippen molar-refractivity contribution in [2.75, 3.05) is 18.0 Å². The number of hydrogen-bond donors (Lipinski definition) is 1. The predicted octanol–water partition coefficient (Wildman–Crippen LogP) is 3.51. The Morgan fingerprint density at radius 3 is 2.33 bits per heavy atom. The van der Waals surface area contributed by atoms with Gasteiger partial charge in [-0.1, -0.05) is 28.1 Å². The first kappa shape index (κ1) is 18.1. The second-order valence-electron chi connectivity index (χ2n) is 5.01. The van der Waals surface area contributed by atoms with E-state index in [0.29, 0.717) is 5.56 Å². The van der Waals surface area contributed by atoms with Crippen LogP contribution in [0.3, 0.4) is 0 Å². The van der Waals surface area contributed by atoms with Gasteiger partial charge in [0.2, 0.25) is 5.91 Å². The molecule has 0 aliphatic rings. The van der Waals surface area contributed by atoms with Crippen LogP contribution in [0.1, 0.15) is 17.3 Å². The number of anilines is 1. The highest BCUT2D eigenvalue weighted by Gasteiger charge is 2.20. The van der Waals surface area contributed by atoms with E-state index in [2.05, 4.69) is 21.2 Å². The zero-order chi connectivity index (χ0) is 17.7. The van der Waals surface area contributed by atoms with E-state index in [1.807, 2.05) is 0 Å². The molecule has 7 heteroatoms. The van der Waals surface area contributed by atoms with Gasteiger partial charge in [-0.15, -0.1) is 0 Å². The lowest BCUT2D eigenvalue weighted by atomic mass is 10.2. The second kappa shape index (κ2) is 8.01. The van der Waals surface area contributed by atoms with Gasteiger partial charge < -0.3 is 10.2 Å². The quantitative estimate of drug-likeness (QED) is 0.840. The topological polar surface area (TPSA) is 49.4 Å². The number of carbonyl (C=O) groups is 2. The van der Waals surface area contributed by atoms with Crippen LogP contribution in [0.5, 0.6) is 0 Å². The van der Waals surface area contributed by atoms with Gasteiger partial charge in [0.1, 0.15) is 17.3 Å². The van der Waals surface area contributed by atoms with Crippen LogP contribution >= 0.6 is 15.9 Å². The molecule has 2 aromatic carbocycles. The summed E-state index contributed by atoms with van der Waals surface area (Å²) in [4.78, 5) is 24.7. The molecule has 0 saturated heterocycles. The molecule has 4 nitrogen and oxygen atoms in total. The summed E-state index contributed by atoms with van der Waals surface area (Å²) in [6, 6.07) is 10.2. The number of halogens is 3. The van der Waals surface area contributed by atoms with E-state index < -0.39 is 23.2 Å². The molecule has 0 radical (unpaired) electrons. The Bertz CT molecular complexity index is 748. The Hall–Kier alpha value is -2.28. The van der Waals surface area contributed by atoms with Crippen LogP contribution in [0.2, 0.25) is 0 Å². The summed E-state index contributed by atoms with van der Waals surface area (Å²) in [5.74, 6) is -2.52. The Kier molecular flexibility index (Phi) is 6.03. The van der Waals surface area contributed by atoms with Gasteiger partial charge in [0.05, 0.1) is 0 Å². The number of hydrogen-bond acceptors (Lipinski definition) is 2. The standard InChI is InChI=1S/C17H15BrF2N2O2/c1-11(23)22(16-14(19)6-3-7-15(16)20)9-8-21-17(24)12-4-2-5-13(18)10-12/h2-7,10H,8-9H2,1H3,(H,21,24). The molecule has 2 rings (SSSR count). The largest absolute Gasteiger partial charge is 0.350 e. The van der Waals surface area contributed by atoms with Crippen LogP contribution < -0.4 is 10.2 Å². The lowest BCUT2D eigenvalue weighted by Gasteiger charge is -2.22. The molecule has 2 aromatic rings. The maximum atomic E-state index is 13.8. The Labute approximate surface area is 146 Å². The minimum absolute atomic E-state index is 0.0487. The summed E-state index contributed by atoms with van der Waals surface area (Å²) in [5, 5.41) is 2.62. The highest BCUT2D eigenvalue weighted by Crippen LogP contribution is 2.23. The molecule has 0 atom stereocenters. The predicted molar refractivity (Wildman–Crippen MR) is 90.9 cm³/mol. The minimum Gasteiger partial charge on any atom is -0.350 e. The lowest BCUT2D eigenvalue weighted by molar-refractivity contribution is -0.116. The first-order chi connectivity index (χ1) is 11.4. The second-order valence-corrected chi connectivity index (χ2v) is 5.92. The van der Waals surface area contributed by atoms with Gasteiger partial charge in [-0.2, -0.15) is 0 Å². The van der Waals surface area contributed by atoms with Gasteiger partial charge in [0.15, 0.2) is 0 Å². The third kappa shape index (κ3) is 4.38. The van der Waals surface area contributed by atoms with E-state index in [9.17, 15) is 18.4 Å². The van der Waals surface area contributed by atoms with Gasteiger partial charge in [-0.05, 0) is 30.3 Å². The zero-order valence-electron chi connectivity index (χ0n) is 12.9. The molecule has 0 aliphatic carbocycles. The molecule has 2 amide bonds. The summed E-state index contributed by atoms with van der Waals surface area (Å²) in [5.41, 5.74) is 0.0255. The number of nitrogens with one attached hydrogen (secondary N) is 1. The maximum Gasteiger partial charge on any atom is 0.251 e. The molecule has 0 bridgehead atoms. The van der Waals surface area contributed by atoms with E-state index >= 15 is 0 Å². The molecular formula is C17H15BrF2N2O2. The average Bonchev–Trinajstić information content (AvgIpc) is 2.52. The third-order valence-corrected chi connectivity index (χ3v) is 3.79. The van der Waals surface area contributed by atoms with E-state index in [0.717, 1.165) is 21.5 Å². The van der Waals surface area contributed by atoms with Crippen molar-refractivity contribution in [3.8, 4) is 0 Å². The third-order valence-electron chi connectivity index (χ3n) is 3.30. The fourth-order valence-electron chi connectivity index (χ4n) is 2.19. The zero-order valence-corrected chi connectivity index (χ0v) is 14.4. The highest BCUT2D eigenvalue weighted by atomic mass is 79.9. The van der Waals surface area contributed by atoms with Crippen molar-refractivity contribution >= 4 is 33.4 Å². The van der Waals surface area contributed by atoms with Crippen LogP contribution in [0.25, 0.3) is 0 Å². The van der Waals surface area contributed by atoms with Crippen molar-refractivity contribution in [3.05, 3.63) is 64.1 Å². The van der Waals surface area contributed by atoms with Crippen molar-refractivity contribution in [2.24, 2.45) is 0 Å². The van der Waals surface area contributed by atoms with Gasteiger partial charge in [0, 0.05) is 30.0 Å². The Balaban J connectivity index is 2.05. The van der Waals surface area contributed by atoms with Gasteiger partial charge >= 0.3 is 0 Å². The minimum atomic E-state index is -0.830. The maximum absolute atomic E-state index is 13.8. The summed E-state index contributed by atoms with van der Waals surface area (Å²) < 4.78 is 28.4. The summed E-state index contributed by atoms with van der Waals surface area (Å²) in [6.07, 6.45) is 0. The first-order valence-electron chi connectivity index (χ1n) is 7.16. The number of benzene rings is 2. The number of amides is 2. The molecular weight excluding hydrogens is 382 g/mol. The Morgan fingerprint density at radius 1 is 1.12 bits per heavy atom. The van der Waals surface area contributed by atoms with Crippen LogP contribution in [0.4, 0.5) is 14.5 Å². The molecule has 1 N–H and O–H groups in total. The van der Waals surface area contributed by atoms with Gasteiger partial charge in [-0.25, -0.2) is 8.78 Å². The molecule has 0 heterocycles. The van der Waals surface area contributed by atoms with Crippen molar-refractivity contribution in [1.29, 1.82) is 0 Å². The molecule has 0 aliphatic heterocycles. The van der Waals surface area contributed by atoms with Crippen LogP contribution in [-0.2, 0) is 4.79 Å². The van der Waals surface area contributed by atoms with E-state index in [1.54, 1.807) is 24.3 Å². The number of carbonyl (C=O) groups excluding carboxylic acids is 2. The normalized spacial score (nSPS) is 10.3. The molecule has 0 unspecified atom stereocenters. The fourth-order valence-corrected chi connectivity index (χ4v) is 2.59. The number of nitrogens with zero attached hydrogens (tertiary/aromatic N) is 1. The highest BCUT2D eigenvalue weighted by molar-refractivity contribution is 9.10. The van der Waals surface area contributed by atoms with E-state index in [-0.39, 0.29) is 19.0 Å². The monoisotopic (exact) mass is 396 g/mol. The summed E-state index contributed by atoms with van der Waals surface area (Å²) in [7, 11) is 0.